The molecule has 122 valence electrons. The molecule has 0 radical (unpaired) electrons. The van der Waals surface area contributed by atoms with E-state index in [2.05, 4.69) is 28.6 Å². The first-order valence-electron chi connectivity index (χ1n) is 8.25. The third-order valence-corrected chi connectivity index (χ3v) is 4.95. The molecule has 1 amide bonds. The van der Waals surface area contributed by atoms with Crippen LogP contribution in [-0.4, -0.2) is 17.4 Å². The standard InChI is InChI=1S/C20H19FN2O/c21-17-7-3-1-5-14(17)11-19(24)23-13-20(9-10-20)16-12-22-18-8-4-2-6-15(16)18/h1-8,12,22H,9-11,13H2,(H,23,24). The van der Waals surface area contributed by atoms with Crippen LogP contribution in [0.15, 0.2) is 54.7 Å². The number of nitrogens with one attached hydrogen (secondary N) is 2. The van der Waals surface area contributed by atoms with Crippen LogP contribution in [0.25, 0.3) is 10.9 Å². The maximum Gasteiger partial charge on any atom is 0.224 e. The third-order valence-electron chi connectivity index (χ3n) is 4.95. The predicted molar refractivity (Wildman–Crippen MR) is 92.3 cm³/mol. The van der Waals surface area contributed by atoms with E-state index in [0.717, 1.165) is 18.4 Å². The highest BCUT2D eigenvalue weighted by atomic mass is 19.1. The molecular weight excluding hydrogens is 303 g/mol. The molecule has 0 aliphatic heterocycles. The van der Waals surface area contributed by atoms with E-state index in [-0.39, 0.29) is 23.6 Å². The van der Waals surface area contributed by atoms with E-state index in [4.69, 9.17) is 0 Å². The van der Waals surface area contributed by atoms with Crippen molar-refractivity contribution in [1.29, 1.82) is 0 Å². The molecule has 24 heavy (non-hydrogen) atoms. The number of aromatic nitrogens is 1. The summed E-state index contributed by atoms with van der Waals surface area (Å²) < 4.78 is 13.7. The fourth-order valence-corrected chi connectivity index (χ4v) is 3.35. The zero-order valence-electron chi connectivity index (χ0n) is 13.3. The van der Waals surface area contributed by atoms with Gasteiger partial charge in [0.1, 0.15) is 5.82 Å². The predicted octanol–water partition coefficient (Wildman–Crippen LogP) is 3.70. The summed E-state index contributed by atoms with van der Waals surface area (Å²) in [5, 5.41) is 4.22. The number of benzene rings is 2. The number of hydrogen-bond donors (Lipinski definition) is 2. The Hall–Kier alpha value is -2.62. The smallest absolute Gasteiger partial charge is 0.224 e. The van der Waals surface area contributed by atoms with Gasteiger partial charge in [-0.25, -0.2) is 4.39 Å². The highest BCUT2D eigenvalue weighted by Gasteiger charge is 2.45. The quantitative estimate of drug-likeness (QED) is 0.739. The molecule has 4 rings (SSSR count). The van der Waals surface area contributed by atoms with E-state index in [1.807, 2.05) is 12.1 Å². The van der Waals surface area contributed by atoms with Gasteiger partial charge >= 0.3 is 0 Å². The zero-order chi connectivity index (χ0) is 16.6. The first-order chi connectivity index (χ1) is 11.7. The first-order valence-corrected chi connectivity index (χ1v) is 8.25. The number of rotatable bonds is 5. The van der Waals surface area contributed by atoms with Crippen LogP contribution in [0.4, 0.5) is 4.39 Å². The van der Waals surface area contributed by atoms with Crippen molar-refractivity contribution in [2.45, 2.75) is 24.7 Å². The lowest BCUT2D eigenvalue weighted by Crippen LogP contribution is -2.33. The van der Waals surface area contributed by atoms with Gasteiger partial charge in [0, 0.05) is 29.1 Å². The molecule has 1 aliphatic rings. The Bertz CT molecular complexity index is 895. The van der Waals surface area contributed by atoms with Gasteiger partial charge < -0.3 is 10.3 Å². The van der Waals surface area contributed by atoms with Crippen molar-refractivity contribution in [2.24, 2.45) is 0 Å². The minimum Gasteiger partial charge on any atom is -0.361 e. The van der Waals surface area contributed by atoms with Crippen LogP contribution in [0, 0.1) is 5.82 Å². The second-order valence-electron chi connectivity index (χ2n) is 6.57. The van der Waals surface area contributed by atoms with Crippen molar-refractivity contribution < 1.29 is 9.18 Å². The topological polar surface area (TPSA) is 44.9 Å². The van der Waals surface area contributed by atoms with Crippen molar-refractivity contribution in [3.63, 3.8) is 0 Å². The Kier molecular flexibility index (Phi) is 3.60. The Morgan fingerprint density at radius 2 is 1.88 bits per heavy atom. The maximum atomic E-state index is 13.7. The van der Waals surface area contributed by atoms with Crippen molar-refractivity contribution in [1.82, 2.24) is 10.3 Å². The SMILES string of the molecule is O=C(Cc1ccccc1F)NCC1(c2c[nH]c3ccccc23)CC1. The zero-order valence-corrected chi connectivity index (χ0v) is 13.3. The Balaban J connectivity index is 1.46. The van der Waals surface area contributed by atoms with Crippen LogP contribution in [0.1, 0.15) is 24.0 Å². The van der Waals surface area contributed by atoms with Crippen LogP contribution in [0.5, 0.6) is 0 Å². The molecule has 0 atom stereocenters. The second kappa shape index (κ2) is 5.78. The average Bonchev–Trinajstić information content (AvgIpc) is 3.26. The van der Waals surface area contributed by atoms with E-state index in [9.17, 15) is 9.18 Å². The largest absolute Gasteiger partial charge is 0.361 e. The molecule has 3 nitrogen and oxygen atoms in total. The number of halogens is 1. The van der Waals surface area contributed by atoms with E-state index in [1.165, 1.54) is 17.0 Å². The molecule has 2 aromatic carbocycles. The third kappa shape index (κ3) is 2.68. The van der Waals surface area contributed by atoms with E-state index in [1.54, 1.807) is 18.2 Å². The molecule has 1 fully saturated rings. The average molecular weight is 322 g/mol. The van der Waals surface area contributed by atoms with Gasteiger partial charge in [-0.1, -0.05) is 36.4 Å². The fourth-order valence-electron chi connectivity index (χ4n) is 3.35. The van der Waals surface area contributed by atoms with Crippen molar-refractivity contribution >= 4 is 16.8 Å². The lowest BCUT2D eigenvalue weighted by molar-refractivity contribution is -0.120. The monoisotopic (exact) mass is 322 g/mol. The van der Waals surface area contributed by atoms with E-state index >= 15 is 0 Å². The molecule has 0 saturated heterocycles. The van der Waals surface area contributed by atoms with E-state index in [0.29, 0.717) is 12.1 Å². The number of fused-ring (bicyclic) bond motifs is 1. The summed E-state index contributed by atoms with van der Waals surface area (Å²) in [5.41, 5.74) is 2.84. The number of para-hydroxylation sites is 1. The molecule has 4 heteroatoms. The van der Waals surface area contributed by atoms with Crippen LogP contribution in [0.2, 0.25) is 0 Å². The Morgan fingerprint density at radius 1 is 1.12 bits per heavy atom. The van der Waals surface area contributed by atoms with Gasteiger partial charge in [0.2, 0.25) is 5.91 Å². The van der Waals surface area contributed by atoms with Gasteiger partial charge in [0.05, 0.1) is 6.42 Å². The molecule has 0 bridgehead atoms. The number of aromatic amines is 1. The molecule has 2 N–H and O–H groups in total. The van der Waals surface area contributed by atoms with Crippen molar-refractivity contribution in [3.8, 4) is 0 Å². The fraction of sp³-hybridized carbons (Fsp3) is 0.250. The van der Waals surface area contributed by atoms with Crippen LogP contribution < -0.4 is 5.32 Å². The van der Waals surface area contributed by atoms with Gasteiger partial charge in [0.25, 0.3) is 0 Å². The number of carbonyl (C=O) groups is 1. The molecule has 0 spiro atoms. The highest BCUT2D eigenvalue weighted by molar-refractivity contribution is 5.85. The normalized spacial score (nSPS) is 15.4. The summed E-state index contributed by atoms with van der Waals surface area (Å²) in [4.78, 5) is 15.5. The summed E-state index contributed by atoms with van der Waals surface area (Å²) in [7, 11) is 0. The Morgan fingerprint density at radius 3 is 2.67 bits per heavy atom. The van der Waals surface area contributed by atoms with E-state index < -0.39 is 0 Å². The van der Waals surface area contributed by atoms with Gasteiger partial charge in [-0.3, -0.25) is 4.79 Å². The van der Waals surface area contributed by atoms with Crippen LogP contribution in [0.3, 0.4) is 0 Å². The summed E-state index contributed by atoms with van der Waals surface area (Å²) in [5.74, 6) is -0.461. The van der Waals surface area contributed by atoms with Gasteiger partial charge in [0.15, 0.2) is 0 Å². The molecule has 1 aliphatic carbocycles. The molecule has 1 aromatic heterocycles. The molecule has 3 aromatic rings. The number of H-pyrrole nitrogens is 1. The molecule has 1 heterocycles. The molecule has 1 saturated carbocycles. The minimum atomic E-state index is -0.328. The number of amides is 1. The van der Waals surface area contributed by atoms with Crippen LogP contribution >= 0.6 is 0 Å². The second-order valence-corrected chi connectivity index (χ2v) is 6.57. The Labute approximate surface area is 139 Å². The number of hydrogen-bond acceptors (Lipinski definition) is 1. The number of carbonyl (C=O) groups excluding carboxylic acids is 1. The van der Waals surface area contributed by atoms with Crippen molar-refractivity contribution in [3.05, 3.63) is 71.7 Å². The van der Waals surface area contributed by atoms with Gasteiger partial charge in [-0.2, -0.15) is 0 Å². The summed E-state index contributed by atoms with van der Waals surface area (Å²) >= 11 is 0. The maximum absolute atomic E-state index is 13.7. The summed E-state index contributed by atoms with van der Waals surface area (Å²) in [6.45, 7) is 0.599. The summed E-state index contributed by atoms with van der Waals surface area (Å²) in [6, 6.07) is 14.6. The highest BCUT2D eigenvalue weighted by Crippen LogP contribution is 2.49. The van der Waals surface area contributed by atoms with Gasteiger partial charge in [-0.05, 0) is 36.1 Å². The first kappa shape index (κ1) is 14.9. The summed E-state index contributed by atoms with van der Waals surface area (Å²) in [6.07, 6.45) is 4.26. The molecular formula is C20H19FN2O. The van der Waals surface area contributed by atoms with Crippen molar-refractivity contribution in [2.75, 3.05) is 6.54 Å². The van der Waals surface area contributed by atoms with Crippen LogP contribution in [-0.2, 0) is 16.6 Å². The lowest BCUT2D eigenvalue weighted by Gasteiger charge is -2.16. The molecule has 0 unspecified atom stereocenters. The van der Waals surface area contributed by atoms with Gasteiger partial charge in [-0.15, -0.1) is 0 Å². The minimum absolute atomic E-state index is 0.0183. The lowest BCUT2D eigenvalue weighted by atomic mass is 9.95.